The molecule has 3 heteroatoms. The van der Waals surface area contributed by atoms with Crippen molar-refractivity contribution in [3.8, 4) is 0 Å². The molecule has 1 aliphatic heterocycles. The summed E-state index contributed by atoms with van der Waals surface area (Å²) in [4.78, 5) is 0. The molecular formula is C10H15N3. The van der Waals surface area contributed by atoms with Gasteiger partial charge in [0.25, 0.3) is 0 Å². The monoisotopic (exact) mass is 177 g/mol. The molecule has 0 bridgehead atoms. The molecule has 0 saturated carbocycles. The summed E-state index contributed by atoms with van der Waals surface area (Å²) in [6.07, 6.45) is 8.54. The molecule has 1 fully saturated rings. The Morgan fingerprint density at radius 2 is 2.62 bits per heavy atom. The van der Waals surface area contributed by atoms with Crippen LogP contribution in [-0.4, -0.2) is 22.9 Å². The maximum atomic E-state index is 4.13. The van der Waals surface area contributed by atoms with E-state index in [1.54, 1.807) is 0 Å². The Morgan fingerprint density at radius 3 is 3.23 bits per heavy atom. The average Bonchev–Trinajstić information content (AvgIpc) is 2.71. The van der Waals surface area contributed by atoms with E-state index in [2.05, 4.69) is 22.7 Å². The summed E-state index contributed by atoms with van der Waals surface area (Å²) in [7, 11) is 1.95. The quantitative estimate of drug-likeness (QED) is 0.680. The predicted molar refractivity (Wildman–Crippen MR) is 52.5 cm³/mol. The summed E-state index contributed by atoms with van der Waals surface area (Å²) in [6, 6.07) is 0. The van der Waals surface area contributed by atoms with E-state index in [1.807, 2.05) is 17.9 Å². The van der Waals surface area contributed by atoms with Crippen molar-refractivity contribution in [2.75, 3.05) is 13.1 Å². The van der Waals surface area contributed by atoms with E-state index in [1.165, 1.54) is 17.6 Å². The summed E-state index contributed by atoms with van der Waals surface area (Å²) in [5, 5.41) is 7.46. The van der Waals surface area contributed by atoms with Crippen LogP contribution in [0.2, 0.25) is 0 Å². The normalized spacial score (nSPS) is 19.9. The predicted octanol–water partition coefficient (Wildman–Crippen LogP) is 0.882. The Bertz CT molecular complexity index is 304. The fourth-order valence-corrected chi connectivity index (χ4v) is 1.60. The SMILES string of the molecule is Cn1cc(C/C=C2/CCNC2)cn1. The van der Waals surface area contributed by atoms with Crippen LogP contribution < -0.4 is 5.32 Å². The first-order valence-corrected chi connectivity index (χ1v) is 4.71. The van der Waals surface area contributed by atoms with Gasteiger partial charge in [-0.15, -0.1) is 0 Å². The Hall–Kier alpha value is -1.09. The van der Waals surface area contributed by atoms with Gasteiger partial charge in [-0.25, -0.2) is 0 Å². The molecule has 1 saturated heterocycles. The minimum atomic E-state index is 1.02. The highest BCUT2D eigenvalue weighted by atomic mass is 15.2. The highest BCUT2D eigenvalue weighted by molar-refractivity contribution is 5.15. The van der Waals surface area contributed by atoms with Gasteiger partial charge in [0.1, 0.15) is 0 Å². The molecule has 0 atom stereocenters. The number of aryl methyl sites for hydroxylation is 1. The first-order chi connectivity index (χ1) is 6.34. The van der Waals surface area contributed by atoms with Crippen molar-refractivity contribution in [1.29, 1.82) is 0 Å². The Kier molecular flexibility index (Phi) is 2.45. The van der Waals surface area contributed by atoms with Crippen molar-refractivity contribution >= 4 is 0 Å². The first-order valence-electron chi connectivity index (χ1n) is 4.71. The lowest BCUT2D eigenvalue weighted by Gasteiger charge is -1.93. The lowest BCUT2D eigenvalue weighted by Crippen LogP contribution is -2.04. The largest absolute Gasteiger partial charge is 0.313 e. The smallest absolute Gasteiger partial charge is 0.0524 e. The zero-order valence-corrected chi connectivity index (χ0v) is 7.95. The molecule has 1 N–H and O–H groups in total. The second-order valence-corrected chi connectivity index (χ2v) is 3.52. The van der Waals surface area contributed by atoms with E-state index < -0.39 is 0 Å². The van der Waals surface area contributed by atoms with Crippen LogP contribution >= 0.6 is 0 Å². The second-order valence-electron chi connectivity index (χ2n) is 3.52. The minimum Gasteiger partial charge on any atom is -0.313 e. The lowest BCUT2D eigenvalue weighted by molar-refractivity contribution is 0.767. The maximum Gasteiger partial charge on any atom is 0.0524 e. The molecule has 2 rings (SSSR count). The highest BCUT2D eigenvalue weighted by Gasteiger charge is 2.04. The summed E-state index contributed by atoms with van der Waals surface area (Å²) in [5.41, 5.74) is 2.82. The Labute approximate surface area is 78.4 Å². The minimum absolute atomic E-state index is 1.02. The molecule has 2 heterocycles. The van der Waals surface area contributed by atoms with Crippen molar-refractivity contribution < 1.29 is 0 Å². The van der Waals surface area contributed by atoms with E-state index in [9.17, 15) is 0 Å². The zero-order valence-electron chi connectivity index (χ0n) is 7.95. The van der Waals surface area contributed by atoms with Crippen molar-refractivity contribution in [3.05, 3.63) is 29.6 Å². The number of aromatic nitrogens is 2. The molecule has 13 heavy (non-hydrogen) atoms. The number of allylic oxidation sites excluding steroid dienone is 1. The topological polar surface area (TPSA) is 29.9 Å². The Morgan fingerprint density at radius 1 is 1.69 bits per heavy atom. The fraction of sp³-hybridized carbons (Fsp3) is 0.500. The van der Waals surface area contributed by atoms with Gasteiger partial charge in [0.15, 0.2) is 0 Å². The molecule has 1 aromatic rings. The number of hydrogen-bond acceptors (Lipinski definition) is 2. The molecule has 70 valence electrons. The van der Waals surface area contributed by atoms with Gasteiger partial charge in [-0.2, -0.15) is 5.10 Å². The average molecular weight is 177 g/mol. The van der Waals surface area contributed by atoms with Crippen molar-refractivity contribution in [2.45, 2.75) is 12.8 Å². The summed E-state index contributed by atoms with van der Waals surface area (Å²) in [5.74, 6) is 0. The summed E-state index contributed by atoms with van der Waals surface area (Å²) in [6.45, 7) is 2.21. The van der Waals surface area contributed by atoms with E-state index in [4.69, 9.17) is 0 Å². The molecule has 0 aliphatic carbocycles. The van der Waals surface area contributed by atoms with E-state index in [-0.39, 0.29) is 0 Å². The maximum absolute atomic E-state index is 4.13. The third-order valence-corrected chi connectivity index (χ3v) is 2.36. The molecule has 0 unspecified atom stereocenters. The second kappa shape index (κ2) is 3.75. The van der Waals surface area contributed by atoms with Crippen LogP contribution in [0.25, 0.3) is 0 Å². The van der Waals surface area contributed by atoms with Crippen LogP contribution in [0.5, 0.6) is 0 Å². The van der Waals surface area contributed by atoms with E-state index >= 15 is 0 Å². The molecule has 0 radical (unpaired) electrons. The van der Waals surface area contributed by atoms with Gasteiger partial charge in [0.05, 0.1) is 6.20 Å². The number of nitrogens with one attached hydrogen (secondary N) is 1. The molecule has 1 aromatic heterocycles. The van der Waals surface area contributed by atoms with E-state index in [0.717, 1.165) is 19.5 Å². The standard InChI is InChI=1S/C10H15N3/c1-13-8-10(7-12-13)3-2-9-4-5-11-6-9/h2,7-8,11H,3-6H2,1H3/b9-2-. The van der Waals surface area contributed by atoms with Crippen molar-refractivity contribution in [2.24, 2.45) is 7.05 Å². The molecule has 0 spiro atoms. The van der Waals surface area contributed by atoms with Gasteiger partial charge in [0.2, 0.25) is 0 Å². The Balaban J connectivity index is 1.95. The zero-order chi connectivity index (χ0) is 9.10. The number of rotatable bonds is 2. The lowest BCUT2D eigenvalue weighted by atomic mass is 10.1. The third-order valence-electron chi connectivity index (χ3n) is 2.36. The fourth-order valence-electron chi connectivity index (χ4n) is 1.60. The van der Waals surface area contributed by atoms with Crippen LogP contribution in [0.4, 0.5) is 0 Å². The molecule has 3 nitrogen and oxygen atoms in total. The van der Waals surface area contributed by atoms with Crippen LogP contribution in [0, 0.1) is 0 Å². The van der Waals surface area contributed by atoms with Crippen molar-refractivity contribution in [3.63, 3.8) is 0 Å². The van der Waals surface area contributed by atoms with Gasteiger partial charge in [-0.05, 0) is 24.9 Å². The van der Waals surface area contributed by atoms with Gasteiger partial charge in [0, 0.05) is 19.8 Å². The van der Waals surface area contributed by atoms with Crippen molar-refractivity contribution in [1.82, 2.24) is 15.1 Å². The molecule has 0 amide bonds. The van der Waals surface area contributed by atoms with Crippen LogP contribution in [0.15, 0.2) is 24.0 Å². The van der Waals surface area contributed by atoms with Crippen LogP contribution in [0.3, 0.4) is 0 Å². The molecular weight excluding hydrogens is 162 g/mol. The highest BCUT2D eigenvalue weighted by Crippen LogP contribution is 2.08. The summed E-state index contributed by atoms with van der Waals surface area (Å²) < 4.78 is 1.85. The number of nitrogens with zero attached hydrogens (tertiary/aromatic N) is 2. The van der Waals surface area contributed by atoms with Gasteiger partial charge < -0.3 is 5.32 Å². The number of hydrogen-bond donors (Lipinski definition) is 1. The third kappa shape index (κ3) is 2.18. The van der Waals surface area contributed by atoms with Gasteiger partial charge >= 0.3 is 0 Å². The first kappa shape index (κ1) is 8.51. The molecule has 0 aromatic carbocycles. The summed E-state index contributed by atoms with van der Waals surface area (Å²) >= 11 is 0. The van der Waals surface area contributed by atoms with Crippen LogP contribution in [0.1, 0.15) is 12.0 Å². The molecule has 1 aliphatic rings. The van der Waals surface area contributed by atoms with Crippen LogP contribution in [-0.2, 0) is 13.5 Å². The van der Waals surface area contributed by atoms with Gasteiger partial charge in [-0.3, -0.25) is 4.68 Å². The van der Waals surface area contributed by atoms with E-state index in [0.29, 0.717) is 0 Å². The van der Waals surface area contributed by atoms with Gasteiger partial charge in [-0.1, -0.05) is 11.6 Å².